The zero-order valence-corrected chi connectivity index (χ0v) is 6.66. The molecule has 1 aliphatic heterocycles. The molecular weight excluding hydrogens is 132 g/mol. The van der Waals surface area contributed by atoms with E-state index in [2.05, 4.69) is 24.2 Å². The molecule has 3 heteroatoms. The first-order valence-electron chi connectivity index (χ1n) is 3.23. The molecule has 0 aliphatic carbocycles. The lowest BCUT2D eigenvalue weighted by Crippen LogP contribution is -2.26. The molecule has 0 saturated carbocycles. The second kappa shape index (κ2) is 3.11. The predicted octanol–water partition coefficient (Wildman–Crippen LogP) is 1.09. The van der Waals surface area contributed by atoms with Crippen molar-refractivity contribution in [1.29, 1.82) is 0 Å². The number of thioether (sulfide) groups is 1. The monoisotopic (exact) mass is 144 g/mol. The Kier molecular flexibility index (Phi) is 2.39. The zero-order chi connectivity index (χ0) is 6.69. The van der Waals surface area contributed by atoms with Crippen molar-refractivity contribution in [3.8, 4) is 0 Å². The van der Waals surface area contributed by atoms with E-state index in [0.29, 0.717) is 6.04 Å². The molecule has 0 spiro atoms. The summed E-state index contributed by atoms with van der Waals surface area (Å²) in [7, 11) is 0. The standard InChI is InChI=1S/C6H12N2S/c1-5(2)8-6-7-3-4-9-6/h5H,3-4H2,1-2H3,(H,7,8). The van der Waals surface area contributed by atoms with Crippen LogP contribution in [0.25, 0.3) is 0 Å². The zero-order valence-electron chi connectivity index (χ0n) is 5.85. The van der Waals surface area contributed by atoms with Crippen molar-refractivity contribution in [2.45, 2.75) is 19.9 Å². The average molecular weight is 144 g/mol. The van der Waals surface area contributed by atoms with Gasteiger partial charge >= 0.3 is 0 Å². The molecule has 0 radical (unpaired) electrons. The molecule has 1 N–H and O–H groups in total. The topological polar surface area (TPSA) is 24.4 Å². The molecule has 0 aromatic heterocycles. The van der Waals surface area contributed by atoms with Crippen LogP contribution in [0.1, 0.15) is 13.8 Å². The van der Waals surface area contributed by atoms with Crippen molar-refractivity contribution >= 4 is 16.9 Å². The lowest BCUT2D eigenvalue weighted by Gasteiger charge is -2.06. The van der Waals surface area contributed by atoms with Crippen LogP contribution in [0, 0.1) is 0 Å². The van der Waals surface area contributed by atoms with Gasteiger partial charge in [-0.3, -0.25) is 4.99 Å². The molecule has 0 fully saturated rings. The van der Waals surface area contributed by atoms with E-state index in [-0.39, 0.29) is 0 Å². The summed E-state index contributed by atoms with van der Waals surface area (Å²) in [5, 5.41) is 4.37. The molecule has 0 aromatic rings. The van der Waals surface area contributed by atoms with E-state index in [0.717, 1.165) is 17.5 Å². The van der Waals surface area contributed by atoms with Crippen molar-refractivity contribution < 1.29 is 0 Å². The fraction of sp³-hybridized carbons (Fsp3) is 0.833. The van der Waals surface area contributed by atoms with Crippen LogP contribution in [-0.2, 0) is 0 Å². The average Bonchev–Trinajstić information content (AvgIpc) is 2.15. The quantitative estimate of drug-likeness (QED) is 0.595. The van der Waals surface area contributed by atoms with Crippen LogP contribution in [0.4, 0.5) is 0 Å². The highest BCUT2D eigenvalue weighted by atomic mass is 32.2. The lowest BCUT2D eigenvalue weighted by molar-refractivity contribution is 0.739. The smallest absolute Gasteiger partial charge is 0.156 e. The summed E-state index contributed by atoms with van der Waals surface area (Å²) in [5.41, 5.74) is 0. The number of nitrogens with one attached hydrogen (secondary N) is 1. The summed E-state index contributed by atoms with van der Waals surface area (Å²) < 4.78 is 0. The highest BCUT2D eigenvalue weighted by molar-refractivity contribution is 8.14. The lowest BCUT2D eigenvalue weighted by atomic mass is 10.4. The minimum Gasteiger partial charge on any atom is -0.363 e. The third-order valence-corrected chi connectivity index (χ3v) is 1.90. The van der Waals surface area contributed by atoms with Crippen LogP contribution in [0.2, 0.25) is 0 Å². The number of hydrogen-bond acceptors (Lipinski definition) is 3. The molecule has 1 heterocycles. The molecule has 52 valence electrons. The van der Waals surface area contributed by atoms with Gasteiger partial charge in [0.15, 0.2) is 5.17 Å². The maximum absolute atomic E-state index is 4.24. The summed E-state index contributed by atoms with van der Waals surface area (Å²) >= 11 is 1.81. The van der Waals surface area contributed by atoms with E-state index in [4.69, 9.17) is 0 Å². The van der Waals surface area contributed by atoms with Crippen LogP contribution < -0.4 is 5.32 Å². The molecule has 1 rings (SSSR count). The van der Waals surface area contributed by atoms with Gasteiger partial charge in [-0.05, 0) is 13.8 Å². The van der Waals surface area contributed by atoms with E-state index < -0.39 is 0 Å². The van der Waals surface area contributed by atoms with Crippen molar-refractivity contribution in [2.75, 3.05) is 12.3 Å². The number of amidine groups is 1. The maximum Gasteiger partial charge on any atom is 0.156 e. The third-order valence-electron chi connectivity index (χ3n) is 0.998. The SMILES string of the molecule is CC(C)NC1=NCCS1. The summed E-state index contributed by atoms with van der Waals surface area (Å²) in [5.74, 6) is 1.15. The van der Waals surface area contributed by atoms with Crippen molar-refractivity contribution in [3.05, 3.63) is 0 Å². The molecule has 2 nitrogen and oxygen atoms in total. The largest absolute Gasteiger partial charge is 0.363 e. The number of rotatable bonds is 1. The number of aliphatic imine (C=N–C) groups is 1. The predicted molar refractivity (Wildman–Crippen MR) is 43.0 cm³/mol. The second-order valence-corrected chi connectivity index (χ2v) is 3.42. The normalized spacial score (nSPS) is 18.3. The Morgan fingerprint density at radius 3 is 2.89 bits per heavy atom. The molecule has 0 aromatic carbocycles. The van der Waals surface area contributed by atoms with Crippen LogP contribution in [0.15, 0.2) is 4.99 Å². The van der Waals surface area contributed by atoms with E-state index in [1.807, 2.05) is 11.8 Å². The molecule has 9 heavy (non-hydrogen) atoms. The van der Waals surface area contributed by atoms with Gasteiger partial charge in [-0.1, -0.05) is 11.8 Å². The molecule has 1 aliphatic rings. The van der Waals surface area contributed by atoms with E-state index >= 15 is 0 Å². The van der Waals surface area contributed by atoms with E-state index in [1.165, 1.54) is 0 Å². The Bertz CT molecular complexity index is 120. The molecule has 0 bridgehead atoms. The number of hydrogen-bond donors (Lipinski definition) is 1. The second-order valence-electron chi connectivity index (χ2n) is 2.33. The summed E-state index contributed by atoms with van der Waals surface area (Å²) in [6.45, 7) is 5.24. The molecule has 0 amide bonds. The van der Waals surface area contributed by atoms with Crippen LogP contribution in [0.5, 0.6) is 0 Å². The van der Waals surface area contributed by atoms with Gasteiger partial charge < -0.3 is 5.32 Å². The first kappa shape index (κ1) is 6.93. The minimum atomic E-state index is 0.523. The van der Waals surface area contributed by atoms with Gasteiger partial charge in [0.05, 0.1) is 6.54 Å². The Morgan fingerprint density at radius 2 is 2.44 bits per heavy atom. The summed E-state index contributed by atoms with van der Waals surface area (Å²) in [6.07, 6.45) is 0. The van der Waals surface area contributed by atoms with Crippen molar-refractivity contribution in [3.63, 3.8) is 0 Å². The first-order chi connectivity index (χ1) is 4.29. The fourth-order valence-corrected chi connectivity index (χ4v) is 1.55. The Balaban J connectivity index is 2.26. The molecule has 0 unspecified atom stereocenters. The summed E-state index contributed by atoms with van der Waals surface area (Å²) in [6, 6.07) is 0.523. The Hall–Kier alpha value is -0.180. The van der Waals surface area contributed by atoms with Gasteiger partial charge in [0.2, 0.25) is 0 Å². The van der Waals surface area contributed by atoms with Gasteiger partial charge in [-0.2, -0.15) is 0 Å². The van der Waals surface area contributed by atoms with Crippen LogP contribution in [-0.4, -0.2) is 23.5 Å². The first-order valence-corrected chi connectivity index (χ1v) is 4.21. The van der Waals surface area contributed by atoms with Crippen LogP contribution >= 0.6 is 11.8 Å². The van der Waals surface area contributed by atoms with Gasteiger partial charge in [-0.15, -0.1) is 0 Å². The Morgan fingerprint density at radius 1 is 1.67 bits per heavy atom. The van der Waals surface area contributed by atoms with E-state index in [1.54, 1.807) is 0 Å². The Labute approximate surface area is 60.1 Å². The van der Waals surface area contributed by atoms with Crippen LogP contribution in [0.3, 0.4) is 0 Å². The fourth-order valence-electron chi connectivity index (χ4n) is 0.669. The maximum atomic E-state index is 4.24. The number of nitrogens with zero attached hydrogens (tertiary/aromatic N) is 1. The van der Waals surface area contributed by atoms with Crippen molar-refractivity contribution in [2.24, 2.45) is 4.99 Å². The highest BCUT2D eigenvalue weighted by Gasteiger charge is 2.06. The van der Waals surface area contributed by atoms with Gasteiger partial charge in [0, 0.05) is 11.8 Å². The van der Waals surface area contributed by atoms with E-state index in [9.17, 15) is 0 Å². The molecule has 0 atom stereocenters. The van der Waals surface area contributed by atoms with Gasteiger partial charge in [0.25, 0.3) is 0 Å². The third kappa shape index (κ3) is 2.26. The van der Waals surface area contributed by atoms with Crippen molar-refractivity contribution in [1.82, 2.24) is 5.32 Å². The van der Waals surface area contributed by atoms with Gasteiger partial charge in [0.1, 0.15) is 0 Å². The highest BCUT2D eigenvalue weighted by Crippen LogP contribution is 2.08. The summed E-state index contributed by atoms with van der Waals surface area (Å²) in [4.78, 5) is 4.24. The van der Waals surface area contributed by atoms with Gasteiger partial charge in [-0.25, -0.2) is 0 Å². The molecule has 0 saturated heterocycles. The molecular formula is C6H12N2S. The minimum absolute atomic E-state index is 0.523.